The van der Waals surface area contributed by atoms with Gasteiger partial charge in [-0.25, -0.2) is 5.10 Å². The topological polar surface area (TPSA) is 100 Å². The number of carbonyl (C=O) groups is 1. The number of carbonyl (C=O) groups excluding carboxylic acids is 1. The van der Waals surface area contributed by atoms with Crippen LogP contribution in [0, 0.1) is 6.92 Å². The lowest BCUT2D eigenvalue weighted by molar-refractivity contribution is 0.0117. The fourth-order valence-corrected chi connectivity index (χ4v) is 3.49. The number of hydrogen-bond donors (Lipinski definition) is 2. The molecule has 1 atom stereocenters. The summed E-state index contributed by atoms with van der Waals surface area (Å²) in [6.07, 6.45) is 0. The van der Waals surface area contributed by atoms with Crippen LogP contribution in [0.1, 0.15) is 28.1 Å². The number of ether oxygens (including phenoxy) is 1. The zero-order chi connectivity index (χ0) is 19.5. The number of hydrogen-bond acceptors (Lipinski definition) is 6. The summed E-state index contributed by atoms with van der Waals surface area (Å²) in [6, 6.07) is 10.7. The Bertz CT molecular complexity index is 1040. The average Bonchev–Trinajstić information content (AvgIpc) is 3.15. The van der Waals surface area contributed by atoms with Gasteiger partial charge in [-0.2, -0.15) is 5.10 Å². The lowest BCUT2D eigenvalue weighted by atomic mass is 10.1. The molecule has 1 saturated heterocycles. The van der Waals surface area contributed by atoms with Crippen LogP contribution >= 0.6 is 0 Å². The molecule has 0 unspecified atom stereocenters. The van der Waals surface area contributed by atoms with Crippen LogP contribution in [0.4, 0.5) is 0 Å². The number of benzene rings is 1. The van der Waals surface area contributed by atoms with Crippen molar-refractivity contribution >= 4 is 16.7 Å². The van der Waals surface area contributed by atoms with Gasteiger partial charge in [0.05, 0.1) is 24.6 Å². The number of H-pyrrole nitrogens is 1. The normalized spacial score (nSPS) is 16.2. The summed E-state index contributed by atoms with van der Waals surface area (Å²) < 4.78 is 11.3. The highest BCUT2D eigenvalue weighted by atomic mass is 16.5. The Morgan fingerprint density at radius 2 is 1.96 bits per heavy atom. The number of aryl methyl sites for hydroxylation is 1. The van der Waals surface area contributed by atoms with Crippen LogP contribution in [0.25, 0.3) is 10.8 Å². The van der Waals surface area contributed by atoms with E-state index >= 15 is 0 Å². The van der Waals surface area contributed by atoms with Crippen LogP contribution in [-0.4, -0.2) is 53.9 Å². The van der Waals surface area contributed by atoms with E-state index < -0.39 is 0 Å². The molecule has 0 spiro atoms. The van der Waals surface area contributed by atoms with E-state index in [9.17, 15) is 9.59 Å². The third-order valence-electron chi connectivity index (χ3n) is 4.94. The quantitative estimate of drug-likeness (QED) is 0.696. The molecule has 0 saturated carbocycles. The van der Waals surface area contributed by atoms with Crippen LogP contribution in [0.15, 0.2) is 45.6 Å². The van der Waals surface area contributed by atoms with Gasteiger partial charge in [-0.1, -0.05) is 18.2 Å². The number of morpholine rings is 1. The van der Waals surface area contributed by atoms with E-state index in [1.54, 1.807) is 24.3 Å². The Hall–Kier alpha value is -2.97. The van der Waals surface area contributed by atoms with Gasteiger partial charge in [0.1, 0.15) is 11.5 Å². The van der Waals surface area contributed by atoms with Gasteiger partial charge in [-0.3, -0.25) is 14.5 Å². The van der Waals surface area contributed by atoms with Gasteiger partial charge < -0.3 is 14.5 Å². The molecule has 8 heteroatoms. The van der Waals surface area contributed by atoms with Crippen LogP contribution in [0.2, 0.25) is 0 Å². The molecular weight excluding hydrogens is 360 g/mol. The zero-order valence-corrected chi connectivity index (χ0v) is 15.6. The highest BCUT2D eigenvalue weighted by Gasteiger charge is 2.26. The Morgan fingerprint density at radius 1 is 1.21 bits per heavy atom. The molecule has 1 aliphatic rings. The van der Waals surface area contributed by atoms with Crippen molar-refractivity contribution < 1.29 is 13.9 Å². The summed E-state index contributed by atoms with van der Waals surface area (Å²) in [5, 5.41) is 10.3. The van der Waals surface area contributed by atoms with Crippen LogP contribution in [0.3, 0.4) is 0 Å². The zero-order valence-electron chi connectivity index (χ0n) is 15.6. The van der Waals surface area contributed by atoms with Crippen molar-refractivity contribution in [3.05, 3.63) is 64.0 Å². The standard InChI is InChI=1S/C20H22N4O4/c1-13-6-7-17(28-13)16(24-8-10-27-11-9-24)12-21-20(26)18-14-4-2-3-5-15(14)19(25)23-22-18/h2-7,16H,8-12H2,1H3,(H,21,26)(H,23,25)/t16-/m1/s1. The van der Waals surface area contributed by atoms with E-state index in [2.05, 4.69) is 20.4 Å². The van der Waals surface area contributed by atoms with Gasteiger partial charge in [0, 0.05) is 25.0 Å². The van der Waals surface area contributed by atoms with Gasteiger partial charge in [0.15, 0.2) is 5.69 Å². The van der Waals surface area contributed by atoms with Crippen molar-refractivity contribution in [3.63, 3.8) is 0 Å². The first-order chi connectivity index (χ1) is 13.6. The Balaban J connectivity index is 1.56. The molecule has 4 rings (SSSR count). The summed E-state index contributed by atoms with van der Waals surface area (Å²) in [7, 11) is 0. The Labute approximate surface area is 161 Å². The van der Waals surface area contributed by atoms with Gasteiger partial charge in [0.2, 0.25) is 0 Å². The summed E-state index contributed by atoms with van der Waals surface area (Å²) in [6.45, 7) is 5.09. The maximum Gasteiger partial charge on any atom is 0.272 e. The molecule has 0 radical (unpaired) electrons. The van der Waals surface area contributed by atoms with E-state index in [4.69, 9.17) is 9.15 Å². The highest BCUT2D eigenvalue weighted by molar-refractivity contribution is 6.04. The SMILES string of the molecule is Cc1ccc([C@@H](CNC(=O)c2n[nH]c(=O)c3ccccc23)N2CCOCC2)o1. The molecule has 28 heavy (non-hydrogen) atoms. The van der Waals surface area contributed by atoms with Crippen LogP contribution in [-0.2, 0) is 4.74 Å². The second-order valence-corrected chi connectivity index (χ2v) is 6.77. The fourth-order valence-electron chi connectivity index (χ4n) is 3.49. The smallest absolute Gasteiger partial charge is 0.272 e. The number of fused-ring (bicyclic) bond motifs is 1. The van der Waals surface area contributed by atoms with Crippen molar-refractivity contribution in [1.29, 1.82) is 0 Å². The maximum absolute atomic E-state index is 12.8. The molecule has 3 aromatic rings. The minimum Gasteiger partial charge on any atom is -0.465 e. The second-order valence-electron chi connectivity index (χ2n) is 6.77. The third-order valence-corrected chi connectivity index (χ3v) is 4.94. The highest BCUT2D eigenvalue weighted by Crippen LogP contribution is 2.23. The lowest BCUT2D eigenvalue weighted by Gasteiger charge is -2.33. The van der Waals surface area contributed by atoms with E-state index in [1.807, 2.05) is 19.1 Å². The molecule has 0 bridgehead atoms. The molecule has 2 N–H and O–H groups in total. The monoisotopic (exact) mass is 382 g/mol. The molecule has 1 aromatic carbocycles. The molecule has 146 valence electrons. The predicted molar refractivity (Wildman–Crippen MR) is 103 cm³/mol. The molecule has 1 aliphatic heterocycles. The largest absolute Gasteiger partial charge is 0.465 e. The summed E-state index contributed by atoms with van der Waals surface area (Å²) >= 11 is 0. The Kier molecular flexibility index (Phi) is 5.23. The number of aromatic amines is 1. The third kappa shape index (κ3) is 3.69. The summed E-state index contributed by atoms with van der Waals surface area (Å²) in [4.78, 5) is 27.0. The van der Waals surface area contributed by atoms with Crippen LogP contribution < -0.4 is 10.9 Å². The number of aromatic nitrogens is 2. The first-order valence-corrected chi connectivity index (χ1v) is 9.27. The second kappa shape index (κ2) is 7.95. The molecular formula is C20H22N4O4. The molecule has 2 aromatic heterocycles. The number of nitrogens with one attached hydrogen (secondary N) is 2. The van der Waals surface area contributed by atoms with Crippen molar-refractivity contribution in [1.82, 2.24) is 20.4 Å². The van der Waals surface area contributed by atoms with Gasteiger partial charge >= 0.3 is 0 Å². The van der Waals surface area contributed by atoms with Crippen molar-refractivity contribution in [2.75, 3.05) is 32.8 Å². The molecule has 8 nitrogen and oxygen atoms in total. The van der Waals surface area contributed by atoms with Crippen LogP contribution in [0.5, 0.6) is 0 Å². The van der Waals surface area contributed by atoms with Crippen molar-refractivity contribution in [3.8, 4) is 0 Å². The van der Waals surface area contributed by atoms with Gasteiger partial charge in [-0.15, -0.1) is 0 Å². The minimum absolute atomic E-state index is 0.101. The van der Waals surface area contributed by atoms with E-state index in [0.717, 1.165) is 24.6 Å². The lowest BCUT2D eigenvalue weighted by Crippen LogP contribution is -2.43. The maximum atomic E-state index is 12.8. The number of nitrogens with zero attached hydrogens (tertiary/aromatic N) is 2. The first-order valence-electron chi connectivity index (χ1n) is 9.27. The molecule has 1 fully saturated rings. The first kappa shape index (κ1) is 18.4. The Morgan fingerprint density at radius 3 is 2.68 bits per heavy atom. The molecule has 3 heterocycles. The fraction of sp³-hybridized carbons (Fsp3) is 0.350. The average molecular weight is 382 g/mol. The van der Waals surface area contributed by atoms with E-state index in [-0.39, 0.29) is 23.2 Å². The van der Waals surface area contributed by atoms with E-state index in [1.165, 1.54) is 0 Å². The van der Waals surface area contributed by atoms with Gasteiger partial charge in [-0.05, 0) is 25.1 Å². The van der Waals surface area contributed by atoms with Gasteiger partial charge in [0.25, 0.3) is 11.5 Å². The molecule has 0 aliphatic carbocycles. The number of rotatable bonds is 5. The van der Waals surface area contributed by atoms with E-state index in [0.29, 0.717) is 30.5 Å². The number of amides is 1. The summed E-state index contributed by atoms with van der Waals surface area (Å²) in [5.41, 5.74) is -0.115. The predicted octanol–water partition coefficient (Wildman–Crippen LogP) is 1.63. The van der Waals surface area contributed by atoms with Crippen molar-refractivity contribution in [2.24, 2.45) is 0 Å². The summed E-state index contributed by atoms with van der Waals surface area (Å²) in [5.74, 6) is 1.29. The van der Waals surface area contributed by atoms with Crippen molar-refractivity contribution in [2.45, 2.75) is 13.0 Å². The minimum atomic E-state index is -0.339. The number of furan rings is 1. The molecule has 1 amide bonds.